The first-order chi connectivity index (χ1) is 12.7. The number of furan rings is 2. The first-order valence-corrected chi connectivity index (χ1v) is 9.43. The molecule has 0 aromatic carbocycles. The van der Waals surface area contributed by atoms with Crippen LogP contribution in [0, 0.1) is 12.8 Å². The van der Waals surface area contributed by atoms with Gasteiger partial charge in [-0.05, 0) is 69.0 Å². The van der Waals surface area contributed by atoms with Gasteiger partial charge in [-0.15, -0.1) is 0 Å². The zero-order chi connectivity index (χ0) is 18.2. The van der Waals surface area contributed by atoms with Crippen molar-refractivity contribution in [1.29, 1.82) is 0 Å². The third-order valence-electron chi connectivity index (χ3n) is 4.83. The lowest BCUT2D eigenvalue weighted by atomic mass is 9.93. The number of hydrogen-bond acceptors (Lipinski definition) is 4. The van der Waals surface area contributed by atoms with Crippen molar-refractivity contribution >= 4 is 12.0 Å². The Balaban J connectivity index is 1.34. The Labute approximate surface area is 155 Å². The highest BCUT2D eigenvalue weighted by Crippen LogP contribution is 2.21. The fraction of sp³-hybridized carbons (Fsp3) is 0.476. The number of carbonyl (C=O) groups excluding carboxylic acids is 1. The van der Waals surface area contributed by atoms with Crippen molar-refractivity contribution in [2.75, 3.05) is 19.6 Å². The molecule has 140 valence electrons. The molecule has 26 heavy (non-hydrogen) atoms. The standard InChI is InChI=1S/C21H28N2O3/c1-17-8-10-20(26-17)15-22-21(24)11-9-18-5-2-12-23(16-18)13-3-6-19-7-4-14-25-19/h3-4,6-8,10,14,18H,2,5,9,11-13,15-16H2,1H3,(H,22,24). The molecule has 3 rings (SSSR count). The Hall–Kier alpha value is -2.27. The Morgan fingerprint density at radius 1 is 1.38 bits per heavy atom. The van der Waals surface area contributed by atoms with E-state index in [1.807, 2.05) is 37.3 Å². The number of aryl methyl sites for hydroxylation is 1. The van der Waals surface area contributed by atoms with Crippen LogP contribution in [0.25, 0.3) is 6.08 Å². The first kappa shape index (κ1) is 18.5. The summed E-state index contributed by atoms with van der Waals surface area (Å²) in [6.45, 7) is 5.50. The molecule has 1 aliphatic rings. The number of rotatable bonds is 8. The first-order valence-electron chi connectivity index (χ1n) is 9.43. The van der Waals surface area contributed by atoms with Crippen LogP contribution in [-0.4, -0.2) is 30.4 Å². The number of likely N-dealkylation sites (tertiary alicyclic amines) is 1. The average molecular weight is 356 g/mol. The minimum Gasteiger partial charge on any atom is -0.465 e. The van der Waals surface area contributed by atoms with E-state index in [1.165, 1.54) is 12.8 Å². The lowest BCUT2D eigenvalue weighted by Gasteiger charge is -2.31. The van der Waals surface area contributed by atoms with Crippen molar-refractivity contribution in [3.05, 3.63) is 53.9 Å². The van der Waals surface area contributed by atoms with Gasteiger partial charge in [0.05, 0.1) is 12.8 Å². The van der Waals surface area contributed by atoms with Gasteiger partial charge in [0.1, 0.15) is 17.3 Å². The normalized spacial score (nSPS) is 18.4. The van der Waals surface area contributed by atoms with Gasteiger partial charge in [0.25, 0.3) is 0 Å². The summed E-state index contributed by atoms with van der Waals surface area (Å²) in [6.07, 6.45) is 9.80. The summed E-state index contributed by atoms with van der Waals surface area (Å²) < 4.78 is 10.8. The second kappa shape index (κ2) is 9.43. The van der Waals surface area contributed by atoms with Gasteiger partial charge in [0, 0.05) is 19.5 Å². The smallest absolute Gasteiger partial charge is 0.220 e. The van der Waals surface area contributed by atoms with Crippen molar-refractivity contribution in [3.63, 3.8) is 0 Å². The van der Waals surface area contributed by atoms with E-state index < -0.39 is 0 Å². The minimum atomic E-state index is 0.105. The molecule has 1 amide bonds. The highest BCUT2D eigenvalue weighted by Gasteiger charge is 2.19. The minimum absolute atomic E-state index is 0.105. The molecular formula is C21H28N2O3. The van der Waals surface area contributed by atoms with E-state index in [2.05, 4.69) is 16.3 Å². The monoisotopic (exact) mass is 356 g/mol. The number of amides is 1. The highest BCUT2D eigenvalue weighted by atomic mass is 16.3. The molecule has 0 aliphatic carbocycles. The molecular weight excluding hydrogens is 328 g/mol. The summed E-state index contributed by atoms with van der Waals surface area (Å²) in [5.74, 6) is 3.27. The van der Waals surface area contributed by atoms with E-state index in [0.29, 0.717) is 18.9 Å². The topological polar surface area (TPSA) is 58.6 Å². The molecule has 2 aromatic heterocycles. The third kappa shape index (κ3) is 5.92. The predicted molar refractivity (Wildman–Crippen MR) is 101 cm³/mol. The van der Waals surface area contributed by atoms with Crippen molar-refractivity contribution in [1.82, 2.24) is 10.2 Å². The van der Waals surface area contributed by atoms with E-state index in [9.17, 15) is 4.79 Å². The van der Waals surface area contributed by atoms with Gasteiger partial charge in [-0.2, -0.15) is 0 Å². The van der Waals surface area contributed by atoms with Crippen molar-refractivity contribution < 1.29 is 13.6 Å². The summed E-state index contributed by atoms with van der Waals surface area (Å²) in [6, 6.07) is 7.68. The van der Waals surface area contributed by atoms with Crippen LogP contribution < -0.4 is 5.32 Å². The van der Waals surface area contributed by atoms with Crippen LogP contribution in [0.15, 0.2) is 45.4 Å². The second-order valence-corrected chi connectivity index (χ2v) is 7.01. The van der Waals surface area contributed by atoms with Crippen molar-refractivity contribution in [3.8, 4) is 0 Å². The number of hydrogen-bond donors (Lipinski definition) is 1. The molecule has 0 radical (unpaired) electrons. The molecule has 5 heteroatoms. The molecule has 0 spiro atoms. The molecule has 0 saturated carbocycles. The molecule has 1 aliphatic heterocycles. The zero-order valence-electron chi connectivity index (χ0n) is 15.4. The maximum absolute atomic E-state index is 12.1. The van der Waals surface area contributed by atoms with Crippen LogP contribution in [0.3, 0.4) is 0 Å². The van der Waals surface area contributed by atoms with Crippen LogP contribution in [-0.2, 0) is 11.3 Å². The molecule has 1 atom stereocenters. The average Bonchev–Trinajstić information content (AvgIpc) is 3.30. The predicted octanol–water partition coefficient (Wildman–Crippen LogP) is 4.00. The van der Waals surface area contributed by atoms with E-state index in [0.717, 1.165) is 43.3 Å². The Bertz CT molecular complexity index is 703. The Morgan fingerprint density at radius 2 is 2.31 bits per heavy atom. The van der Waals surface area contributed by atoms with Crippen LogP contribution in [0.5, 0.6) is 0 Å². The maximum atomic E-state index is 12.1. The molecule has 2 aromatic rings. The Morgan fingerprint density at radius 3 is 3.08 bits per heavy atom. The van der Waals surface area contributed by atoms with Crippen LogP contribution in [0.4, 0.5) is 0 Å². The van der Waals surface area contributed by atoms with Gasteiger partial charge >= 0.3 is 0 Å². The number of nitrogens with zero attached hydrogens (tertiary/aromatic N) is 1. The van der Waals surface area contributed by atoms with E-state index in [1.54, 1.807) is 6.26 Å². The Kier molecular flexibility index (Phi) is 6.72. The number of piperidine rings is 1. The maximum Gasteiger partial charge on any atom is 0.220 e. The van der Waals surface area contributed by atoms with Crippen LogP contribution in [0.1, 0.15) is 43.0 Å². The third-order valence-corrected chi connectivity index (χ3v) is 4.83. The summed E-state index contributed by atoms with van der Waals surface area (Å²) in [5.41, 5.74) is 0. The molecule has 1 unspecified atom stereocenters. The largest absolute Gasteiger partial charge is 0.465 e. The van der Waals surface area contributed by atoms with Crippen LogP contribution in [0.2, 0.25) is 0 Å². The molecule has 0 bridgehead atoms. The summed E-state index contributed by atoms with van der Waals surface area (Å²) in [5, 5.41) is 2.95. The van der Waals surface area contributed by atoms with E-state index >= 15 is 0 Å². The van der Waals surface area contributed by atoms with Gasteiger partial charge in [-0.1, -0.05) is 6.08 Å². The lowest BCUT2D eigenvalue weighted by Crippen LogP contribution is -2.36. The van der Waals surface area contributed by atoms with Crippen molar-refractivity contribution in [2.45, 2.75) is 39.2 Å². The highest BCUT2D eigenvalue weighted by molar-refractivity contribution is 5.75. The fourth-order valence-corrected chi connectivity index (χ4v) is 3.45. The van der Waals surface area contributed by atoms with Gasteiger partial charge in [-0.25, -0.2) is 0 Å². The molecule has 5 nitrogen and oxygen atoms in total. The van der Waals surface area contributed by atoms with Gasteiger partial charge in [-0.3, -0.25) is 9.69 Å². The summed E-state index contributed by atoms with van der Waals surface area (Å²) in [4.78, 5) is 14.5. The lowest BCUT2D eigenvalue weighted by molar-refractivity contribution is -0.121. The second-order valence-electron chi connectivity index (χ2n) is 7.01. The fourth-order valence-electron chi connectivity index (χ4n) is 3.45. The van der Waals surface area contributed by atoms with Gasteiger partial charge < -0.3 is 14.2 Å². The summed E-state index contributed by atoms with van der Waals surface area (Å²) >= 11 is 0. The van der Waals surface area contributed by atoms with E-state index in [-0.39, 0.29) is 5.91 Å². The van der Waals surface area contributed by atoms with Gasteiger partial charge in [0.15, 0.2) is 0 Å². The van der Waals surface area contributed by atoms with E-state index in [4.69, 9.17) is 8.83 Å². The van der Waals surface area contributed by atoms with Gasteiger partial charge in [0.2, 0.25) is 5.91 Å². The zero-order valence-corrected chi connectivity index (χ0v) is 15.4. The van der Waals surface area contributed by atoms with Crippen LogP contribution >= 0.6 is 0 Å². The molecule has 1 fully saturated rings. The number of nitrogens with one attached hydrogen (secondary N) is 1. The number of carbonyl (C=O) groups is 1. The molecule has 1 saturated heterocycles. The SMILES string of the molecule is Cc1ccc(CNC(=O)CCC2CCCN(CC=Cc3ccco3)C2)o1. The molecule has 1 N–H and O–H groups in total. The molecule has 3 heterocycles. The quantitative estimate of drug-likeness (QED) is 0.777. The summed E-state index contributed by atoms with van der Waals surface area (Å²) in [7, 11) is 0. The van der Waals surface area contributed by atoms with Crippen molar-refractivity contribution in [2.24, 2.45) is 5.92 Å².